The van der Waals surface area contributed by atoms with Crippen molar-refractivity contribution in [3.63, 3.8) is 0 Å². The van der Waals surface area contributed by atoms with E-state index < -0.39 is 17.7 Å². The lowest BCUT2D eigenvalue weighted by Crippen LogP contribution is -2.30. The Hall–Kier alpha value is -4.35. The van der Waals surface area contributed by atoms with Crippen molar-refractivity contribution in [1.29, 1.82) is 5.26 Å². The van der Waals surface area contributed by atoms with E-state index in [0.29, 0.717) is 16.1 Å². The Balaban J connectivity index is 1.76. The first kappa shape index (κ1) is 24.3. The quantitative estimate of drug-likeness (QED) is 0.346. The van der Waals surface area contributed by atoms with Gasteiger partial charge in [0.15, 0.2) is 5.65 Å². The van der Waals surface area contributed by atoms with Crippen LogP contribution < -0.4 is 5.69 Å². The first-order valence-corrected chi connectivity index (χ1v) is 12.1. The highest BCUT2D eigenvalue weighted by molar-refractivity contribution is 6.30. The maximum Gasteiger partial charge on any atom is 0.331 e. The van der Waals surface area contributed by atoms with Crippen LogP contribution in [-0.4, -0.2) is 29.8 Å². The lowest BCUT2D eigenvalue weighted by Gasteiger charge is -2.17. The van der Waals surface area contributed by atoms with E-state index in [4.69, 9.17) is 11.6 Å². The number of hydrogen-bond acceptors (Lipinski definition) is 4. The van der Waals surface area contributed by atoms with E-state index in [2.05, 4.69) is 31.0 Å². The highest BCUT2D eigenvalue weighted by Gasteiger charge is 2.26. The molecule has 0 radical (unpaired) electrons. The number of pyridine rings is 1. The molecule has 5 rings (SSSR count). The van der Waals surface area contributed by atoms with E-state index in [-0.39, 0.29) is 24.3 Å². The minimum Gasteiger partial charge on any atom is -0.481 e. The second-order valence-electron chi connectivity index (χ2n) is 9.30. The summed E-state index contributed by atoms with van der Waals surface area (Å²) in [4.78, 5) is 30.3. The molecule has 0 bridgehead atoms. The number of carboxylic acid groups (broad SMARTS) is 1. The van der Waals surface area contributed by atoms with Gasteiger partial charge >= 0.3 is 11.7 Å². The molecule has 3 heterocycles. The summed E-state index contributed by atoms with van der Waals surface area (Å²) in [5, 5.41) is 20.8. The Kier molecular flexibility index (Phi) is 6.10. The molecule has 9 heteroatoms. The van der Waals surface area contributed by atoms with Crippen LogP contribution in [0.4, 0.5) is 0 Å². The number of carboxylic acids is 1. The molecule has 0 amide bonds. The van der Waals surface area contributed by atoms with Crippen LogP contribution in [0.25, 0.3) is 22.1 Å². The number of imidazole rings is 1. The summed E-state index contributed by atoms with van der Waals surface area (Å²) in [6, 6.07) is 15.4. The normalized spacial score (nSPS) is 12.2. The number of rotatable bonds is 6. The Morgan fingerprint density at radius 1 is 1.14 bits per heavy atom. The van der Waals surface area contributed by atoms with E-state index in [1.54, 1.807) is 41.0 Å². The third-order valence-electron chi connectivity index (χ3n) is 6.70. The smallest absolute Gasteiger partial charge is 0.331 e. The van der Waals surface area contributed by atoms with Crippen LogP contribution in [0.3, 0.4) is 0 Å². The molecule has 2 aromatic carbocycles. The van der Waals surface area contributed by atoms with Crippen LogP contribution in [0.1, 0.15) is 40.4 Å². The summed E-state index contributed by atoms with van der Waals surface area (Å²) in [6.45, 7) is 4.36. The van der Waals surface area contributed by atoms with Gasteiger partial charge in [-0.1, -0.05) is 29.8 Å². The Labute approximate surface area is 217 Å². The number of nitrogens with zero attached hydrogens (tertiary/aromatic N) is 5. The molecule has 0 aliphatic rings. The average Bonchev–Trinajstić information content (AvgIpc) is 3.31. The van der Waals surface area contributed by atoms with Crippen molar-refractivity contribution in [3.05, 3.63) is 98.2 Å². The number of aromatic nitrogens is 4. The standard InChI is InChI=1S/C28H24ClN5O3/c1-16-10-17(2)26-19(14-32(3)24(26)11-16)15-33-22-9-8-21(13-30)31-27(22)34(28(33)37)23(12-25(35)36)18-4-6-20(29)7-5-18/h4-11,14,23H,12,15H2,1-3H3,(H,35,36)/t23-/m1/s1. The minimum absolute atomic E-state index is 0.139. The summed E-state index contributed by atoms with van der Waals surface area (Å²) in [6.07, 6.45) is 1.67. The monoisotopic (exact) mass is 513 g/mol. The molecule has 1 atom stereocenters. The Morgan fingerprint density at radius 3 is 2.54 bits per heavy atom. The van der Waals surface area contributed by atoms with Crippen LogP contribution in [-0.2, 0) is 18.4 Å². The van der Waals surface area contributed by atoms with Crippen LogP contribution in [0.15, 0.2) is 59.5 Å². The molecule has 0 fully saturated rings. The zero-order chi connectivity index (χ0) is 26.4. The fraction of sp³-hybridized carbons (Fsp3) is 0.214. The number of aryl methyl sites for hydroxylation is 3. The van der Waals surface area contributed by atoms with Gasteiger partial charge in [-0.05, 0) is 66.4 Å². The lowest BCUT2D eigenvalue weighted by atomic mass is 10.0. The van der Waals surface area contributed by atoms with Crippen molar-refractivity contribution in [3.8, 4) is 6.07 Å². The molecule has 3 aromatic heterocycles. The molecular weight excluding hydrogens is 490 g/mol. The van der Waals surface area contributed by atoms with Gasteiger partial charge < -0.3 is 9.67 Å². The van der Waals surface area contributed by atoms with Crippen molar-refractivity contribution in [2.24, 2.45) is 7.05 Å². The van der Waals surface area contributed by atoms with Crippen LogP contribution in [0.2, 0.25) is 5.02 Å². The lowest BCUT2D eigenvalue weighted by molar-refractivity contribution is -0.137. The van der Waals surface area contributed by atoms with Crippen LogP contribution in [0, 0.1) is 25.2 Å². The molecule has 0 saturated heterocycles. The Bertz CT molecular complexity index is 1790. The molecule has 1 N–H and O–H groups in total. The summed E-state index contributed by atoms with van der Waals surface area (Å²) in [5.41, 5.74) is 5.42. The van der Waals surface area contributed by atoms with E-state index in [1.807, 2.05) is 23.9 Å². The minimum atomic E-state index is -1.07. The highest BCUT2D eigenvalue weighted by Crippen LogP contribution is 2.29. The van der Waals surface area contributed by atoms with E-state index in [9.17, 15) is 20.0 Å². The van der Waals surface area contributed by atoms with Gasteiger partial charge in [0, 0.05) is 29.2 Å². The molecular formula is C28H24ClN5O3. The first-order valence-electron chi connectivity index (χ1n) is 11.7. The second-order valence-corrected chi connectivity index (χ2v) is 9.73. The third kappa shape index (κ3) is 4.28. The maximum atomic E-state index is 14.0. The van der Waals surface area contributed by atoms with E-state index in [0.717, 1.165) is 27.6 Å². The van der Waals surface area contributed by atoms with Gasteiger partial charge in [-0.25, -0.2) is 9.78 Å². The summed E-state index contributed by atoms with van der Waals surface area (Å²) < 4.78 is 5.03. The van der Waals surface area contributed by atoms with Crippen molar-refractivity contribution in [1.82, 2.24) is 18.7 Å². The molecule has 186 valence electrons. The molecule has 0 aliphatic carbocycles. The van der Waals surface area contributed by atoms with Crippen molar-refractivity contribution >= 4 is 39.6 Å². The zero-order valence-corrected chi connectivity index (χ0v) is 21.3. The fourth-order valence-electron chi connectivity index (χ4n) is 5.16. The summed E-state index contributed by atoms with van der Waals surface area (Å²) in [5.74, 6) is -1.07. The SMILES string of the molecule is Cc1cc(C)c2c(Cn3c(=O)n([C@H](CC(=O)O)c4ccc(Cl)cc4)c4nc(C#N)ccc43)cn(C)c2c1. The first-order chi connectivity index (χ1) is 17.7. The van der Waals surface area contributed by atoms with Gasteiger partial charge in [-0.2, -0.15) is 5.26 Å². The molecule has 0 saturated carbocycles. The number of fused-ring (bicyclic) bond motifs is 2. The van der Waals surface area contributed by atoms with Gasteiger partial charge in [0.2, 0.25) is 0 Å². The average molecular weight is 514 g/mol. The number of benzene rings is 2. The number of aliphatic carboxylic acids is 1. The topological polar surface area (TPSA) is 106 Å². The molecule has 8 nitrogen and oxygen atoms in total. The van der Waals surface area contributed by atoms with Gasteiger partial charge in [0.1, 0.15) is 11.8 Å². The Morgan fingerprint density at radius 2 is 1.86 bits per heavy atom. The van der Waals surface area contributed by atoms with E-state index in [1.165, 1.54) is 4.57 Å². The van der Waals surface area contributed by atoms with Gasteiger partial charge in [-0.15, -0.1) is 0 Å². The van der Waals surface area contributed by atoms with Gasteiger partial charge in [0.25, 0.3) is 0 Å². The predicted octanol–water partition coefficient (Wildman–Crippen LogP) is 4.94. The van der Waals surface area contributed by atoms with Crippen LogP contribution in [0.5, 0.6) is 0 Å². The largest absolute Gasteiger partial charge is 0.481 e. The van der Waals surface area contributed by atoms with Gasteiger partial charge in [0.05, 0.1) is 24.5 Å². The number of carbonyl (C=O) groups is 1. The third-order valence-corrected chi connectivity index (χ3v) is 6.95. The van der Waals surface area contributed by atoms with Crippen LogP contribution >= 0.6 is 11.6 Å². The molecule has 5 aromatic rings. The highest BCUT2D eigenvalue weighted by atomic mass is 35.5. The van der Waals surface area contributed by atoms with Crippen molar-refractivity contribution in [2.45, 2.75) is 32.9 Å². The molecule has 37 heavy (non-hydrogen) atoms. The number of hydrogen-bond donors (Lipinski definition) is 1. The molecule has 0 aliphatic heterocycles. The van der Waals surface area contributed by atoms with Crippen molar-refractivity contribution in [2.75, 3.05) is 0 Å². The van der Waals surface area contributed by atoms with Gasteiger partial charge in [-0.3, -0.25) is 13.9 Å². The predicted molar refractivity (Wildman–Crippen MR) is 142 cm³/mol. The second kappa shape index (κ2) is 9.26. The molecule has 0 spiro atoms. The maximum absolute atomic E-state index is 14.0. The zero-order valence-electron chi connectivity index (χ0n) is 20.6. The molecule has 0 unspecified atom stereocenters. The van der Waals surface area contributed by atoms with Crippen molar-refractivity contribution < 1.29 is 9.90 Å². The van der Waals surface area contributed by atoms with E-state index >= 15 is 0 Å². The summed E-state index contributed by atoms with van der Waals surface area (Å²) >= 11 is 6.06. The number of halogens is 1. The number of nitriles is 1. The fourth-order valence-corrected chi connectivity index (χ4v) is 5.28. The summed E-state index contributed by atoms with van der Waals surface area (Å²) in [7, 11) is 1.97.